The van der Waals surface area contributed by atoms with Crippen molar-refractivity contribution in [3.05, 3.63) is 0 Å². The molecule has 0 aliphatic heterocycles. The van der Waals surface area contributed by atoms with Gasteiger partial charge in [-0.3, -0.25) is 0 Å². The molecule has 1 heteroatoms. The predicted molar refractivity (Wildman–Crippen MR) is 48.0 cm³/mol. The molecule has 0 radical (unpaired) electrons. The van der Waals surface area contributed by atoms with Crippen molar-refractivity contribution in [3.63, 3.8) is 0 Å². The first-order valence-corrected chi connectivity index (χ1v) is 4.53. The predicted octanol–water partition coefficient (Wildman–Crippen LogP) is 1.92. The summed E-state index contributed by atoms with van der Waals surface area (Å²) < 4.78 is 0. The van der Waals surface area contributed by atoms with Crippen LogP contribution >= 0.6 is 0 Å². The van der Waals surface area contributed by atoms with E-state index in [9.17, 15) is 0 Å². The first kappa shape index (κ1) is 8.62. The Labute approximate surface area is 69.4 Å². The highest BCUT2D eigenvalue weighted by molar-refractivity contribution is 4.90. The van der Waals surface area contributed by atoms with Gasteiger partial charge in [-0.05, 0) is 18.8 Å². The Morgan fingerprint density at radius 1 is 1.27 bits per heavy atom. The van der Waals surface area contributed by atoms with Gasteiger partial charge in [-0.15, -0.1) is 12.3 Å². The maximum Gasteiger partial charge on any atom is 0.0129 e. The van der Waals surface area contributed by atoms with E-state index in [1.165, 1.54) is 32.1 Å². The summed E-state index contributed by atoms with van der Waals surface area (Å²) in [5.41, 5.74) is 5.97. The summed E-state index contributed by atoms with van der Waals surface area (Å²) >= 11 is 0. The maximum absolute atomic E-state index is 5.97. The molecule has 1 aliphatic carbocycles. The topological polar surface area (TPSA) is 26.0 Å². The van der Waals surface area contributed by atoms with Crippen LogP contribution in [0.1, 0.15) is 38.5 Å². The van der Waals surface area contributed by atoms with Crippen LogP contribution in [0.4, 0.5) is 0 Å². The molecule has 1 fully saturated rings. The minimum Gasteiger partial charge on any atom is -0.327 e. The Kier molecular flexibility index (Phi) is 3.45. The highest BCUT2D eigenvalue weighted by Gasteiger charge is 2.18. The quantitative estimate of drug-likeness (QED) is 0.449. The zero-order valence-corrected chi connectivity index (χ0v) is 7.05. The fourth-order valence-electron chi connectivity index (χ4n) is 1.82. The van der Waals surface area contributed by atoms with Crippen LogP contribution in [0.3, 0.4) is 0 Å². The van der Waals surface area contributed by atoms with E-state index in [1.54, 1.807) is 0 Å². The van der Waals surface area contributed by atoms with Gasteiger partial charge in [0.25, 0.3) is 0 Å². The summed E-state index contributed by atoms with van der Waals surface area (Å²) in [6.45, 7) is 0. The standard InChI is InChI=1S/C10H17N/c1-2-6-9-7-4-3-5-8-10(9)11/h1,9-10H,3-8,11H2. The van der Waals surface area contributed by atoms with Gasteiger partial charge in [0, 0.05) is 12.5 Å². The van der Waals surface area contributed by atoms with Gasteiger partial charge in [-0.25, -0.2) is 0 Å². The molecular formula is C10H17N. The van der Waals surface area contributed by atoms with E-state index in [1.807, 2.05) is 0 Å². The second-order valence-corrected chi connectivity index (χ2v) is 3.47. The van der Waals surface area contributed by atoms with Crippen LogP contribution in [0.2, 0.25) is 0 Å². The summed E-state index contributed by atoms with van der Waals surface area (Å²) in [5, 5.41) is 0. The Morgan fingerprint density at radius 2 is 2.00 bits per heavy atom. The average Bonchev–Trinajstić information content (AvgIpc) is 2.18. The number of nitrogens with two attached hydrogens (primary N) is 1. The molecule has 1 aliphatic rings. The van der Waals surface area contributed by atoms with Gasteiger partial charge in [0.05, 0.1) is 0 Å². The Morgan fingerprint density at radius 3 is 2.73 bits per heavy atom. The molecule has 2 N–H and O–H groups in total. The molecule has 0 heterocycles. The molecule has 0 amide bonds. The van der Waals surface area contributed by atoms with E-state index in [0.717, 1.165) is 6.42 Å². The molecule has 0 aromatic rings. The van der Waals surface area contributed by atoms with Gasteiger partial charge in [0.1, 0.15) is 0 Å². The Bertz CT molecular complexity index is 145. The van der Waals surface area contributed by atoms with Gasteiger partial charge in [0.15, 0.2) is 0 Å². The monoisotopic (exact) mass is 151 g/mol. The molecule has 0 spiro atoms. The van der Waals surface area contributed by atoms with E-state index < -0.39 is 0 Å². The zero-order valence-electron chi connectivity index (χ0n) is 7.05. The lowest BCUT2D eigenvalue weighted by atomic mass is 9.93. The highest BCUT2D eigenvalue weighted by Crippen LogP contribution is 2.24. The van der Waals surface area contributed by atoms with Crippen molar-refractivity contribution in [2.75, 3.05) is 0 Å². The average molecular weight is 151 g/mol. The largest absolute Gasteiger partial charge is 0.327 e. The third-order valence-electron chi connectivity index (χ3n) is 2.60. The summed E-state index contributed by atoms with van der Waals surface area (Å²) in [5.74, 6) is 3.32. The number of rotatable bonds is 1. The second kappa shape index (κ2) is 4.41. The molecule has 2 atom stereocenters. The van der Waals surface area contributed by atoms with E-state index in [2.05, 4.69) is 5.92 Å². The van der Waals surface area contributed by atoms with Crippen molar-refractivity contribution in [3.8, 4) is 12.3 Å². The first-order valence-electron chi connectivity index (χ1n) is 4.53. The minimum absolute atomic E-state index is 0.369. The van der Waals surface area contributed by atoms with E-state index >= 15 is 0 Å². The van der Waals surface area contributed by atoms with Crippen molar-refractivity contribution in [1.29, 1.82) is 0 Å². The number of hydrogen-bond acceptors (Lipinski definition) is 1. The number of terminal acetylenes is 1. The molecule has 2 unspecified atom stereocenters. The van der Waals surface area contributed by atoms with Crippen LogP contribution in [-0.4, -0.2) is 6.04 Å². The molecule has 0 aromatic carbocycles. The van der Waals surface area contributed by atoms with E-state index in [4.69, 9.17) is 12.2 Å². The van der Waals surface area contributed by atoms with Gasteiger partial charge in [-0.2, -0.15) is 0 Å². The van der Waals surface area contributed by atoms with Gasteiger partial charge < -0.3 is 5.73 Å². The second-order valence-electron chi connectivity index (χ2n) is 3.47. The van der Waals surface area contributed by atoms with Crippen LogP contribution < -0.4 is 5.73 Å². The summed E-state index contributed by atoms with van der Waals surface area (Å²) in [4.78, 5) is 0. The van der Waals surface area contributed by atoms with Gasteiger partial charge >= 0.3 is 0 Å². The third-order valence-corrected chi connectivity index (χ3v) is 2.60. The summed E-state index contributed by atoms with van der Waals surface area (Å²) in [6, 6.07) is 0.369. The molecule has 0 saturated heterocycles. The van der Waals surface area contributed by atoms with Gasteiger partial charge in [-0.1, -0.05) is 19.3 Å². The smallest absolute Gasteiger partial charge is 0.0129 e. The van der Waals surface area contributed by atoms with Crippen molar-refractivity contribution >= 4 is 0 Å². The lowest BCUT2D eigenvalue weighted by Gasteiger charge is -2.18. The van der Waals surface area contributed by atoms with Crippen LogP contribution in [0.5, 0.6) is 0 Å². The van der Waals surface area contributed by atoms with Crippen LogP contribution in [-0.2, 0) is 0 Å². The molecule has 62 valence electrons. The minimum atomic E-state index is 0.369. The van der Waals surface area contributed by atoms with Gasteiger partial charge in [0.2, 0.25) is 0 Å². The van der Waals surface area contributed by atoms with Crippen molar-refractivity contribution in [2.45, 2.75) is 44.6 Å². The zero-order chi connectivity index (χ0) is 8.10. The highest BCUT2D eigenvalue weighted by atomic mass is 14.6. The molecule has 1 nitrogen and oxygen atoms in total. The van der Waals surface area contributed by atoms with Crippen molar-refractivity contribution in [2.24, 2.45) is 11.7 Å². The third kappa shape index (κ3) is 2.55. The molecule has 0 bridgehead atoms. The van der Waals surface area contributed by atoms with E-state index in [-0.39, 0.29) is 0 Å². The van der Waals surface area contributed by atoms with Crippen LogP contribution in [0.25, 0.3) is 0 Å². The fourth-order valence-corrected chi connectivity index (χ4v) is 1.82. The fraction of sp³-hybridized carbons (Fsp3) is 0.800. The van der Waals surface area contributed by atoms with Crippen LogP contribution in [0.15, 0.2) is 0 Å². The first-order chi connectivity index (χ1) is 5.34. The summed E-state index contributed by atoms with van der Waals surface area (Å²) in [6.07, 6.45) is 12.5. The number of hydrogen-bond donors (Lipinski definition) is 1. The SMILES string of the molecule is C#CCC1CCCCCC1N. The molecule has 1 rings (SSSR count). The maximum atomic E-state index is 5.97. The lowest BCUT2D eigenvalue weighted by Crippen LogP contribution is -2.28. The molecule has 11 heavy (non-hydrogen) atoms. The Hall–Kier alpha value is -0.480. The normalized spacial score (nSPS) is 32.4. The molecule has 0 aromatic heterocycles. The van der Waals surface area contributed by atoms with E-state index in [0.29, 0.717) is 12.0 Å². The lowest BCUT2D eigenvalue weighted by molar-refractivity contribution is 0.406. The molecule has 1 saturated carbocycles. The summed E-state index contributed by atoms with van der Waals surface area (Å²) in [7, 11) is 0. The molecular weight excluding hydrogens is 134 g/mol. The van der Waals surface area contributed by atoms with Crippen LogP contribution in [0, 0.1) is 18.3 Å². The Balaban J connectivity index is 2.40. The van der Waals surface area contributed by atoms with Crippen molar-refractivity contribution < 1.29 is 0 Å². The van der Waals surface area contributed by atoms with Crippen molar-refractivity contribution in [1.82, 2.24) is 0 Å².